The molecule has 0 unspecified atom stereocenters. The molecule has 2 heterocycles. The molecule has 2 amide bonds. The van der Waals surface area contributed by atoms with Crippen LogP contribution in [0.4, 0.5) is 15.6 Å². The largest absolute Gasteiger partial charge is 0.325 e. The third-order valence-corrected chi connectivity index (χ3v) is 4.02. The van der Waals surface area contributed by atoms with Gasteiger partial charge in [0.15, 0.2) is 5.13 Å². The highest BCUT2D eigenvalue weighted by atomic mass is 35.5. The number of hydrogen-bond acceptors (Lipinski definition) is 4. The van der Waals surface area contributed by atoms with Gasteiger partial charge in [-0.05, 0) is 43.1 Å². The zero-order valence-electron chi connectivity index (χ0n) is 11.6. The van der Waals surface area contributed by atoms with E-state index in [4.69, 9.17) is 0 Å². The van der Waals surface area contributed by atoms with Crippen molar-refractivity contribution in [2.24, 2.45) is 0 Å². The van der Waals surface area contributed by atoms with Gasteiger partial charge in [0, 0.05) is 23.3 Å². The van der Waals surface area contributed by atoms with Gasteiger partial charge in [-0.2, -0.15) is 0 Å². The number of hydrogen-bond donors (Lipinski definition) is 3. The predicted molar refractivity (Wildman–Crippen MR) is 88.6 cm³/mol. The second kappa shape index (κ2) is 6.89. The lowest BCUT2D eigenvalue weighted by atomic mass is 10.0. The molecule has 112 valence electrons. The highest BCUT2D eigenvalue weighted by Gasteiger charge is 2.10. The highest BCUT2D eigenvalue weighted by molar-refractivity contribution is 7.15. The number of amides is 2. The second-order valence-corrected chi connectivity index (χ2v) is 6.00. The van der Waals surface area contributed by atoms with E-state index in [0.29, 0.717) is 5.13 Å². The molecule has 1 aromatic carbocycles. The summed E-state index contributed by atoms with van der Waals surface area (Å²) in [5.74, 6) is 0. The standard InChI is InChI=1S/C14H16N4OS.ClH/c1-9-7-16-14(20-9)18-13(19)17-12-3-2-11-8-15-5-4-10(11)6-12;/h2-3,6-7,15H,4-5,8H2,1H3,(H2,16,17,18,19);1H. The minimum atomic E-state index is -0.256. The van der Waals surface area contributed by atoms with Crippen LogP contribution in [0.3, 0.4) is 0 Å². The lowest BCUT2D eigenvalue weighted by Crippen LogP contribution is -2.24. The van der Waals surface area contributed by atoms with Crippen LogP contribution in [0.2, 0.25) is 0 Å². The lowest BCUT2D eigenvalue weighted by molar-refractivity contribution is 0.262. The first-order valence-corrected chi connectivity index (χ1v) is 7.35. The third kappa shape index (κ3) is 3.93. The fourth-order valence-corrected chi connectivity index (χ4v) is 2.89. The van der Waals surface area contributed by atoms with Crippen LogP contribution >= 0.6 is 23.7 Å². The molecule has 0 fully saturated rings. The number of thiazole rings is 1. The van der Waals surface area contributed by atoms with Gasteiger partial charge in [0.05, 0.1) is 0 Å². The SMILES string of the molecule is Cc1cnc(NC(=O)Nc2ccc3c(c2)CCNC3)s1.Cl. The van der Waals surface area contributed by atoms with Gasteiger partial charge in [-0.15, -0.1) is 23.7 Å². The van der Waals surface area contributed by atoms with Crippen molar-refractivity contribution in [2.45, 2.75) is 19.9 Å². The number of carbonyl (C=O) groups excluding carboxylic acids is 1. The quantitative estimate of drug-likeness (QED) is 0.795. The summed E-state index contributed by atoms with van der Waals surface area (Å²) in [5, 5.41) is 9.52. The van der Waals surface area contributed by atoms with Crippen LogP contribution in [0.15, 0.2) is 24.4 Å². The van der Waals surface area contributed by atoms with E-state index in [-0.39, 0.29) is 18.4 Å². The molecule has 3 N–H and O–H groups in total. The molecule has 7 heteroatoms. The number of rotatable bonds is 2. The average molecular weight is 325 g/mol. The molecule has 0 atom stereocenters. The molecular weight excluding hydrogens is 308 g/mol. The summed E-state index contributed by atoms with van der Waals surface area (Å²) in [6.07, 6.45) is 2.74. The number of urea groups is 1. The van der Waals surface area contributed by atoms with E-state index >= 15 is 0 Å². The zero-order valence-corrected chi connectivity index (χ0v) is 13.2. The average Bonchev–Trinajstić information content (AvgIpc) is 2.83. The normalized spacial score (nSPS) is 13.0. The first-order chi connectivity index (χ1) is 9.70. The Hall–Kier alpha value is -1.63. The molecule has 1 aromatic heterocycles. The maximum Gasteiger partial charge on any atom is 0.325 e. The smallest absolute Gasteiger partial charge is 0.312 e. The summed E-state index contributed by atoms with van der Waals surface area (Å²) in [7, 11) is 0. The summed E-state index contributed by atoms with van der Waals surface area (Å²) >= 11 is 1.46. The fraction of sp³-hybridized carbons (Fsp3) is 0.286. The predicted octanol–water partition coefficient (Wildman–Crippen LogP) is 3.16. The molecule has 1 aliphatic rings. The number of aromatic nitrogens is 1. The zero-order chi connectivity index (χ0) is 13.9. The highest BCUT2D eigenvalue weighted by Crippen LogP contribution is 2.20. The van der Waals surface area contributed by atoms with Crippen molar-refractivity contribution < 1.29 is 4.79 Å². The van der Waals surface area contributed by atoms with Crippen LogP contribution in [0.5, 0.6) is 0 Å². The van der Waals surface area contributed by atoms with E-state index in [9.17, 15) is 4.79 Å². The third-order valence-electron chi connectivity index (χ3n) is 3.19. The Labute approximate surface area is 133 Å². The Kier molecular flexibility index (Phi) is 5.17. The van der Waals surface area contributed by atoms with E-state index in [1.54, 1.807) is 6.20 Å². The topological polar surface area (TPSA) is 66.0 Å². The number of aryl methyl sites for hydroxylation is 1. The van der Waals surface area contributed by atoms with Gasteiger partial charge in [0.1, 0.15) is 0 Å². The van der Waals surface area contributed by atoms with Crippen molar-refractivity contribution in [3.05, 3.63) is 40.4 Å². The molecule has 0 radical (unpaired) electrons. The van der Waals surface area contributed by atoms with E-state index in [1.807, 2.05) is 19.1 Å². The van der Waals surface area contributed by atoms with Crippen LogP contribution in [-0.2, 0) is 13.0 Å². The summed E-state index contributed by atoms with van der Waals surface area (Å²) in [6, 6.07) is 5.78. The van der Waals surface area contributed by atoms with Crippen LogP contribution in [0.1, 0.15) is 16.0 Å². The van der Waals surface area contributed by atoms with Crippen molar-refractivity contribution >= 4 is 40.6 Å². The monoisotopic (exact) mass is 324 g/mol. The summed E-state index contributed by atoms with van der Waals surface area (Å²) in [5.41, 5.74) is 3.42. The number of benzene rings is 1. The van der Waals surface area contributed by atoms with E-state index in [2.05, 4.69) is 27.0 Å². The number of carbonyl (C=O) groups is 1. The van der Waals surface area contributed by atoms with Gasteiger partial charge in [-0.25, -0.2) is 9.78 Å². The Bertz CT molecular complexity index is 644. The Morgan fingerprint density at radius 1 is 1.33 bits per heavy atom. The van der Waals surface area contributed by atoms with Gasteiger partial charge in [-0.1, -0.05) is 6.07 Å². The molecule has 0 saturated heterocycles. The minimum Gasteiger partial charge on any atom is -0.312 e. The van der Waals surface area contributed by atoms with Gasteiger partial charge >= 0.3 is 6.03 Å². The molecular formula is C14H17ClN4OS. The Morgan fingerprint density at radius 3 is 2.95 bits per heavy atom. The molecule has 2 aromatic rings. The first kappa shape index (κ1) is 15.8. The molecule has 0 saturated carbocycles. The maximum atomic E-state index is 11.9. The summed E-state index contributed by atoms with van der Waals surface area (Å²) < 4.78 is 0. The fourth-order valence-electron chi connectivity index (χ4n) is 2.23. The Morgan fingerprint density at radius 2 is 2.19 bits per heavy atom. The van der Waals surface area contributed by atoms with Crippen molar-refractivity contribution in [3.8, 4) is 0 Å². The summed E-state index contributed by atoms with van der Waals surface area (Å²) in [6.45, 7) is 3.85. The number of anilines is 2. The van der Waals surface area contributed by atoms with Crippen molar-refractivity contribution in [1.82, 2.24) is 10.3 Å². The molecule has 0 bridgehead atoms. The van der Waals surface area contributed by atoms with E-state index in [0.717, 1.165) is 30.1 Å². The minimum absolute atomic E-state index is 0. The first-order valence-electron chi connectivity index (χ1n) is 6.54. The van der Waals surface area contributed by atoms with Crippen molar-refractivity contribution in [2.75, 3.05) is 17.2 Å². The Balaban J connectivity index is 0.00000161. The summed E-state index contributed by atoms with van der Waals surface area (Å²) in [4.78, 5) is 17.1. The van der Waals surface area contributed by atoms with Crippen LogP contribution < -0.4 is 16.0 Å². The number of halogens is 1. The number of fused-ring (bicyclic) bond motifs is 1. The van der Waals surface area contributed by atoms with E-state index in [1.165, 1.54) is 22.5 Å². The van der Waals surface area contributed by atoms with Crippen molar-refractivity contribution in [3.63, 3.8) is 0 Å². The van der Waals surface area contributed by atoms with Gasteiger partial charge in [0.25, 0.3) is 0 Å². The molecule has 21 heavy (non-hydrogen) atoms. The maximum absolute atomic E-state index is 11.9. The lowest BCUT2D eigenvalue weighted by Gasteiger charge is -2.18. The van der Waals surface area contributed by atoms with E-state index < -0.39 is 0 Å². The van der Waals surface area contributed by atoms with Gasteiger partial charge in [-0.3, -0.25) is 5.32 Å². The van der Waals surface area contributed by atoms with Crippen LogP contribution in [0, 0.1) is 6.92 Å². The molecule has 0 aliphatic carbocycles. The molecule has 1 aliphatic heterocycles. The van der Waals surface area contributed by atoms with Crippen LogP contribution in [-0.4, -0.2) is 17.6 Å². The van der Waals surface area contributed by atoms with Gasteiger partial charge in [0.2, 0.25) is 0 Å². The number of nitrogens with one attached hydrogen (secondary N) is 3. The van der Waals surface area contributed by atoms with Crippen molar-refractivity contribution in [1.29, 1.82) is 0 Å². The van der Waals surface area contributed by atoms with Crippen LogP contribution in [0.25, 0.3) is 0 Å². The number of nitrogens with zero attached hydrogens (tertiary/aromatic N) is 1. The molecule has 3 rings (SSSR count). The second-order valence-electron chi connectivity index (χ2n) is 4.77. The molecule has 0 spiro atoms. The van der Waals surface area contributed by atoms with Gasteiger partial charge < -0.3 is 10.6 Å². The molecule has 5 nitrogen and oxygen atoms in total.